The number of aromatic nitrogens is 1. The Balaban J connectivity index is 2.26. The molecule has 4 heteroatoms. The first-order chi connectivity index (χ1) is 9.06. The number of nitrogens with two attached hydrogens (primary N) is 1. The molecule has 2 aromatic carbocycles. The zero-order valence-electron chi connectivity index (χ0n) is 10.8. The third-order valence-corrected chi connectivity index (χ3v) is 3.32. The molecule has 0 aliphatic heterocycles. The number of hydrogen-bond donors (Lipinski definition) is 1. The van der Waals surface area contributed by atoms with Crippen molar-refractivity contribution in [3.63, 3.8) is 0 Å². The maximum atomic E-state index is 11.6. The molecule has 0 bridgehead atoms. The fraction of sp³-hybridized carbons (Fsp3) is 0.133. The summed E-state index contributed by atoms with van der Waals surface area (Å²) < 4.78 is 6.77. The summed E-state index contributed by atoms with van der Waals surface area (Å²) in [5.41, 5.74) is 10.9. The summed E-state index contributed by atoms with van der Waals surface area (Å²) in [7, 11) is 1.71. The van der Waals surface area contributed by atoms with Crippen molar-refractivity contribution < 1.29 is 4.42 Å². The van der Waals surface area contributed by atoms with Gasteiger partial charge in [0.2, 0.25) is 0 Å². The van der Waals surface area contributed by atoms with Crippen molar-refractivity contribution in [1.82, 2.24) is 4.57 Å². The Labute approximate surface area is 110 Å². The van der Waals surface area contributed by atoms with E-state index in [4.69, 9.17) is 10.2 Å². The first-order valence-electron chi connectivity index (χ1n) is 6.02. The molecule has 0 saturated carbocycles. The predicted octanol–water partition coefficient (Wildman–Crippen LogP) is 2.69. The average molecular weight is 254 g/mol. The number of anilines is 1. The van der Waals surface area contributed by atoms with E-state index in [9.17, 15) is 4.79 Å². The average Bonchev–Trinajstić information content (AvgIpc) is 2.66. The highest BCUT2D eigenvalue weighted by Crippen LogP contribution is 2.27. The van der Waals surface area contributed by atoms with Crippen LogP contribution in [0.1, 0.15) is 5.56 Å². The fourth-order valence-electron chi connectivity index (χ4n) is 2.35. The number of benzene rings is 2. The topological polar surface area (TPSA) is 61.2 Å². The molecule has 96 valence electrons. The first-order valence-corrected chi connectivity index (χ1v) is 6.02. The van der Waals surface area contributed by atoms with E-state index in [2.05, 4.69) is 0 Å². The Kier molecular flexibility index (Phi) is 2.45. The van der Waals surface area contributed by atoms with E-state index < -0.39 is 0 Å². The summed E-state index contributed by atoms with van der Waals surface area (Å²) in [5, 5.41) is 0. The van der Waals surface area contributed by atoms with Crippen LogP contribution in [0.3, 0.4) is 0 Å². The van der Waals surface area contributed by atoms with E-state index in [1.54, 1.807) is 7.05 Å². The van der Waals surface area contributed by atoms with Crippen molar-refractivity contribution in [3.8, 4) is 11.1 Å². The van der Waals surface area contributed by atoms with Gasteiger partial charge in [0, 0.05) is 12.7 Å². The zero-order chi connectivity index (χ0) is 13.6. The summed E-state index contributed by atoms with van der Waals surface area (Å²) in [6.45, 7) is 1.97. The number of hydrogen-bond acceptors (Lipinski definition) is 3. The second-order valence-corrected chi connectivity index (χ2v) is 4.69. The lowest BCUT2D eigenvalue weighted by molar-refractivity contribution is 0.528. The van der Waals surface area contributed by atoms with E-state index >= 15 is 0 Å². The van der Waals surface area contributed by atoms with Crippen molar-refractivity contribution in [2.24, 2.45) is 7.05 Å². The minimum Gasteiger partial charge on any atom is -0.408 e. The molecule has 0 unspecified atom stereocenters. The molecule has 4 nitrogen and oxygen atoms in total. The summed E-state index contributed by atoms with van der Waals surface area (Å²) in [4.78, 5) is 11.6. The van der Waals surface area contributed by atoms with Gasteiger partial charge in [-0.3, -0.25) is 4.57 Å². The molecule has 19 heavy (non-hydrogen) atoms. The highest BCUT2D eigenvalue weighted by Gasteiger charge is 2.10. The van der Waals surface area contributed by atoms with Crippen LogP contribution in [0.25, 0.3) is 22.2 Å². The summed E-state index contributed by atoms with van der Waals surface area (Å²) in [6, 6.07) is 11.6. The van der Waals surface area contributed by atoms with Crippen LogP contribution >= 0.6 is 0 Å². The second kappa shape index (κ2) is 4.02. The van der Waals surface area contributed by atoms with Gasteiger partial charge in [-0.2, -0.15) is 0 Å². The van der Waals surface area contributed by atoms with E-state index in [1.165, 1.54) is 4.57 Å². The molecule has 3 aromatic rings. The molecule has 0 atom stereocenters. The van der Waals surface area contributed by atoms with Crippen LogP contribution in [0.4, 0.5) is 5.69 Å². The van der Waals surface area contributed by atoms with Gasteiger partial charge in [0.25, 0.3) is 0 Å². The third-order valence-electron chi connectivity index (χ3n) is 3.32. The Bertz CT molecular complexity index is 811. The Morgan fingerprint density at radius 3 is 2.47 bits per heavy atom. The maximum absolute atomic E-state index is 11.6. The third kappa shape index (κ3) is 1.81. The van der Waals surface area contributed by atoms with Gasteiger partial charge in [-0.25, -0.2) is 4.79 Å². The zero-order valence-corrected chi connectivity index (χ0v) is 10.8. The van der Waals surface area contributed by atoms with Crippen LogP contribution < -0.4 is 11.5 Å². The number of fused-ring (bicyclic) bond motifs is 1. The van der Waals surface area contributed by atoms with Crippen molar-refractivity contribution in [3.05, 3.63) is 52.5 Å². The molecular formula is C15H14N2O2. The SMILES string of the molecule is Cc1cc(-c2ccc(N)cc2)cc2oc(=O)n(C)c12. The lowest BCUT2D eigenvalue weighted by Crippen LogP contribution is -2.08. The van der Waals surface area contributed by atoms with Gasteiger partial charge in [0.05, 0.1) is 5.52 Å². The predicted molar refractivity (Wildman–Crippen MR) is 76.0 cm³/mol. The Hall–Kier alpha value is -2.49. The molecule has 0 aliphatic rings. The lowest BCUT2D eigenvalue weighted by Gasteiger charge is -2.05. The number of nitrogens with zero attached hydrogens (tertiary/aromatic N) is 1. The van der Waals surface area contributed by atoms with E-state index in [0.717, 1.165) is 27.9 Å². The lowest BCUT2D eigenvalue weighted by atomic mass is 10.0. The van der Waals surface area contributed by atoms with Crippen molar-refractivity contribution in [1.29, 1.82) is 0 Å². The molecule has 0 amide bonds. The standard InChI is InChI=1S/C15H14N2O2/c1-9-7-11(10-3-5-12(16)6-4-10)8-13-14(9)17(2)15(18)19-13/h3-8H,16H2,1-2H3. The van der Waals surface area contributed by atoms with Gasteiger partial charge >= 0.3 is 5.76 Å². The van der Waals surface area contributed by atoms with Crippen LogP contribution in [-0.4, -0.2) is 4.57 Å². The van der Waals surface area contributed by atoms with Crippen LogP contribution in [0.2, 0.25) is 0 Å². The van der Waals surface area contributed by atoms with Gasteiger partial charge in [-0.05, 0) is 47.9 Å². The van der Waals surface area contributed by atoms with Crippen molar-refractivity contribution in [2.45, 2.75) is 6.92 Å². The highest BCUT2D eigenvalue weighted by atomic mass is 16.4. The second-order valence-electron chi connectivity index (χ2n) is 4.69. The van der Waals surface area contributed by atoms with Crippen LogP contribution in [-0.2, 0) is 7.05 Å². The van der Waals surface area contributed by atoms with Crippen LogP contribution in [0, 0.1) is 6.92 Å². The number of rotatable bonds is 1. The molecule has 0 aliphatic carbocycles. The molecule has 3 rings (SSSR count). The maximum Gasteiger partial charge on any atom is 0.419 e. The number of nitrogen functional groups attached to an aromatic ring is 1. The minimum atomic E-state index is -0.340. The molecule has 0 radical (unpaired) electrons. The number of oxazole rings is 1. The van der Waals surface area contributed by atoms with Crippen molar-refractivity contribution in [2.75, 3.05) is 5.73 Å². The van der Waals surface area contributed by atoms with Crippen LogP contribution in [0.15, 0.2) is 45.6 Å². The highest BCUT2D eigenvalue weighted by molar-refractivity contribution is 5.83. The molecular weight excluding hydrogens is 240 g/mol. The molecule has 0 spiro atoms. The Morgan fingerprint density at radius 2 is 1.79 bits per heavy atom. The van der Waals surface area contributed by atoms with E-state index in [-0.39, 0.29) is 5.76 Å². The quantitative estimate of drug-likeness (QED) is 0.679. The molecule has 0 saturated heterocycles. The minimum absolute atomic E-state index is 0.340. The van der Waals surface area contributed by atoms with Gasteiger partial charge in [0.1, 0.15) is 0 Å². The largest absolute Gasteiger partial charge is 0.419 e. The van der Waals surface area contributed by atoms with Gasteiger partial charge in [0.15, 0.2) is 5.58 Å². The summed E-state index contributed by atoms with van der Waals surface area (Å²) in [6.07, 6.45) is 0. The Morgan fingerprint density at radius 1 is 1.11 bits per heavy atom. The monoisotopic (exact) mass is 254 g/mol. The van der Waals surface area contributed by atoms with Gasteiger partial charge in [-0.15, -0.1) is 0 Å². The van der Waals surface area contributed by atoms with E-state index in [0.29, 0.717) is 5.58 Å². The summed E-state index contributed by atoms with van der Waals surface area (Å²) >= 11 is 0. The van der Waals surface area contributed by atoms with Crippen LogP contribution in [0.5, 0.6) is 0 Å². The van der Waals surface area contributed by atoms with Gasteiger partial charge < -0.3 is 10.2 Å². The smallest absolute Gasteiger partial charge is 0.408 e. The molecule has 0 fully saturated rings. The fourth-order valence-corrected chi connectivity index (χ4v) is 2.35. The molecule has 1 heterocycles. The number of aryl methyl sites for hydroxylation is 2. The van der Waals surface area contributed by atoms with Crippen molar-refractivity contribution >= 4 is 16.8 Å². The normalized spacial score (nSPS) is 11.1. The molecule has 1 aromatic heterocycles. The summed E-state index contributed by atoms with van der Waals surface area (Å²) in [5.74, 6) is -0.340. The van der Waals surface area contributed by atoms with E-state index in [1.807, 2.05) is 43.3 Å². The van der Waals surface area contributed by atoms with Gasteiger partial charge in [-0.1, -0.05) is 12.1 Å². The molecule has 2 N–H and O–H groups in total. The first kappa shape index (κ1) is 11.6.